The summed E-state index contributed by atoms with van der Waals surface area (Å²) < 4.78 is 0. The third-order valence-electron chi connectivity index (χ3n) is 7.84. The van der Waals surface area contributed by atoms with Crippen LogP contribution in [0.5, 0.6) is 0 Å². The fraction of sp³-hybridized carbons (Fsp3) is 0. The molecule has 0 saturated carbocycles. The zero-order valence-corrected chi connectivity index (χ0v) is 22.3. The smallest absolute Gasteiger partial charge is 0.142 e. The number of aromatic amines is 4. The van der Waals surface area contributed by atoms with Crippen molar-refractivity contribution in [2.24, 2.45) is 25.1 Å². The molecule has 5 heterocycles. The molecule has 0 saturated heterocycles. The Hall–Kier alpha value is -6.45. The van der Waals surface area contributed by atoms with Gasteiger partial charge in [-0.15, -0.1) is 0 Å². The molecule has 0 aliphatic carbocycles. The van der Waals surface area contributed by atoms with E-state index in [9.17, 15) is 5.53 Å². The van der Waals surface area contributed by atoms with E-state index in [1.807, 2.05) is 84.9 Å². The van der Waals surface area contributed by atoms with Crippen LogP contribution in [0.1, 0.15) is 0 Å². The lowest BCUT2D eigenvalue weighted by molar-refractivity contribution is 1.08. The van der Waals surface area contributed by atoms with Crippen molar-refractivity contribution in [2.45, 2.75) is 0 Å². The maximum atomic E-state index is 9.33. The van der Waals surface area contributed by atoms with Crippen molar-refractivity contribution >= 4 is 72.0 Å². The Kier molecular flexibility index (Phi) is 4.75. The predicted molar refractivity (Wildman–Crippen MR) is 165 cm³/mol. The third kappa shape index (κ3) is 3.46. The first-order chi connectivity index (χ1) is 21.2. The van der Waals surface area contributed by atoms with Crippen molar-refractivity contribution < 1.29 is 0 Å². The summed E-state index contributed by atoms with van der Waals surface area (Å²) in [5.41, 5.74) is 12.4. The fourth-order valence-corrected chi connectivity index (χ4v) is 5.94. The van der Waals surface area contributed by atoms with E-state index in [0.29, 0.717) is 56.3 Å². The summed E-state index contributed by atoms with van der Waals surface area (Å²) >= 11 is 0. The van der Waals surface area contributed by atoms with E-state index < -0.39 is 0 Å². The zero-order chi connectivity index (χ0) is 28.5. The first-order valence-corrected chi connectivity index (χ1v) is 13.6. The van der Waals surface area contributed by atoms with Gasteiger partial charge in [0.25, 0.3) is 0 Å². The van der Waals surface area contributed by atoms with Gasteiger partial charge in [-0.1, -0.05) is 96.1 Å². The number of hydrogen-bond acceptors (Lipinski definition) is 5. The Morgan fingerprint density at radius 2 is 0.837 bits per heavy atom. The van der Waals surface area contributed by atoms with Gasteiger partial charge in [0.15, 0.2) is 0 Å². The van der Waals surface area contributed by atoms with Crippen LogP contribution >= 0.6 is 0 Å². The van der Waals surface area contributed by atoms with E-state index >= 15 is 0 Å². The molecule has 1 aliphatic rings. The molecule has 11 nitrogen and oxygen atoms in total. The normalized spacial score (nSPS) is 12.5. The molecule has 4 aromatic carbocycles. The van der Waals surface area contributed by atoms with Gasteiger partial charge in [0.1, 0.15) is 45.2 Å². The van der Waals surface area contributed by atoms with Gasteiger partial charge in [-0.25, -0.2) is 20.0 Å². The van der Waals surface area contributed by atoms with Crippen molar-refractivity contribution in [1.29, 1.82) is 0 Å². The number of hydrogen-bond donors (Lipinski definition) is 4. The standard InChI is InChI=1S/C32H19N11/c33-43-42-23-15-7-14-22-24(23)32-40-30-21-13-6-5-12-20(21)28(38-30)36-26-17-9-2-1-8-16(17)25(34-26)35-27-18-10-3-4-11-19(18)29(37-27)39-31(22)41-32/h1-15H,(H4,34,35,36,37,38,39,40,41). The minimum atomic E-state index is 0.451. The Morgan fingerprint density at radius 3 is 1.33 bits per heavy atom. The molecule has 11 heteroatoms. The lowest BCUT2D eigenvalue weighted by atomic mass is 10.1. The van der Waals surface area contributed by atoms with E-state index in [1.165, 1.54) is 0 Å². The lowest BCUT2D eigenvalue weighted by Gasteiger charge is -1.96. The van der Waals surface area contributed by atoms with E-state index in [4.69, 9.17) is 20.0 Å². The monoisotopic (exact) mass is 557 g/mol. The number of nitrogens with zero attached hydrogens (tertiary/aromatic N) is 7. The van der Waals surface area contributed by atoms with Gasteiger partial charge in [-0.05, 0) is 5.53 Å². The van der Waals surface area contributed by atoms with Gasteiger partial charge < -0.3 is 19.9 Å². The number of fused-ring (bicyclic) bond motifs is 20. The van der Waals surface area contributed by atoms with Crippen LogP contribution in [0.25, 0.3) is 53.5 Å². The van der Waals surface area contributed by atoms with Crippen LogP contribution in [0, 0.1) is 0 Å². The molecule has 0 radical (unpaired) electrons. The van der Waals surface area contributed by atoms with Crippen molar-refractivity contribution in [1.82, 2.24) is 19.9 Å². The minimum absolute atomic E-state index is 0.451. The highest BCUT2D eigenvalue weighted by Gasteiger charge is 2.16. The summed E-state index contributed by atoms with van der Waals surface area (Å²) in [6.07, 6.45) is 0. The molecule has 8 bridgehead atoms. The Labute approximate surface area is 240 Å². The van der Waals surface area contributed by atoms with Crippen molar-refractivity contribution in [3.05, 3.63) is 123 Å². The SMILES string of the molecule is [N-]=[N+]=Nc1cccc2c3[nH]c(c12)N=c1[nH]c(c2ccccc12)=Nc1[nH]c(c2ccccc12)N=c1[nH]c(c2ccccc12)=N3. The number of azide groups is 1. The molecule has 0 atom stereocenters. The second kappa shape index (κ2) is 8.77. The second-order valence-corrected chi connectivity index (χ2v) is 10.3. The highest BCUT2D eigenvalue weighted by molar-refractivity contribution is 6.06. The number of H-pyrrole nitrogens is 4. The first kappa shape index (κ1) is 23.3. The van der Waals surface area contributed by atoms with Crippen molar-refractivity contribution in [2.75, 3.05) is 0 Å². The molecule has 0 unspecified atom stereocenters. The quantitative estimate of drug-likeness (QED) is 0.0964. The summed E-state index contributed by atoms with van der Waals surface area (Å²) in [5, 5.41) is 11.0. The molecule has 0 amide bonds. The lowest BCUT2D eigenvalue weighted by Crippen LogP contribution is -2.10. The van der Waals surface area contributed by atoms with E-state index in [1.54, 1.807) is 6.07 Å². The molecule has 43 heavy (non-hydrogen) atoms. The van der Waals surface area contributed by atoms with Crippen LogP contribution < -0.4 is 22.0 Å². The molecule has 4 aromatic heterocycles. The second-order valence-electron chi connectivity index (χ2n) is 10.3. The number of nitrogens with one attached hydrogen (secondary N) is 4. The zero-order valence-electron chi connectivity index (χ0n) is 22.3. The van der Waals surface area contributed by atoms with Gasteiger partial charge in [0.2, 0.25) is 0 Å². The molecule has 8 aromatic rings. The van der Waals surface area contributed by atoms with Crippen molar-refractivity contribution in [3.63, 3.8) is 0 Å². The van der Waals surface area contributed by atoms with Gasteiger partial charge in [-0.3, -0.25) is 0 Å². The van der Waals surface area contributed by atoms with Gasteiger partial charge in [0.05, 0.1) is 0 Å². The molecular formula is C32H19N11. The third-order valence-corrected chi connectivity index (χ3v) is 7.84. The topological polar surface area (TPSA) is 161 Å². The molecule has 9 rings (SSSR count). The van der Waals surface area contributed by atoms with Gasteiger partial charge in [-0.2, -0.15) is 0 Å². The maximum Gasteiger partial charge on any atom is 0.142 e. The van der Waals surface area contributed by atoms with Crippen molar-refractivity contribution in [3.8, 4) is 0 Å². The Balaban J connectivity index is 1.52. The average Bonchev–Trinajstić information content (AvgIpc) is 3.77. The van der Waals surface area contributed by atoms with Crippen LogP contribution in [-0.2, 0) is 0 Å². The first-order valence-electron chi connectivity index (χ1n) is 13.6. The van der Waals surface area contributed by atoms with Crippen LogP contribution in [0.4, 0.5) is 29.0 Å². The molecule has 4 N–H and O–H groups in total. The van der Waals surface area contributed by atoms with Gasteiger partial charge >= 0.3 is 0 Å². The van der Waals surface area contributed by atoms with E-state index in [0.717, 1.165) is 37.7 Å². The summed E-state index contributed by atoms with van der Waals surface area (Å²) in [4.78, 5) is 37.0. The summed E-state index contributed by atoms with van der Waals surface area (Å²) in [6.45, 7) is 0. The largest absolute Gasteiger partial charge is 0.324 e. The average molecular weight is 558 g/mol. The van der Waals surface area contributed by atoms with Crippen LogP contribution in [0.2, 0.25) is 0 Å². The van der Waals surface area contributed by atoms with E-state index in [-0.39, 0.29) is 0 Å². The van der Waals surface area contributed by atoms with Gasteiger partial charge in [0, 0.05) is 53.7 Å². The van der Waals surface area contributed by atoms with Crippen LogP contribution in [0.15, 0.2) is 116 Å². The number of aromatic nitrogens is 4. The molecular weight excluding hydrogens is 538 g/mol. The predicted octanol–water partition coefficient (Wildman–Crippen LogP) is 6.67. The number of rotatable bonds is 1. The summed E-state index contributed by atoms with van der Waals surface area (Å²) in [6, 6.07) is 29.6. The van der Waals surface area contributed by atoms with E-state index in [2.05, 4.69) is 30.0 Å². The Bertz CT molecular complexity index is 2740. The molecule has 0 fully saturated rings. The summed E-state index contributed by atoms with van der Waals surface area (Å²) in [7, 11) is 0. The molecule has 0 spiro atoms. The fourth-order valence-electron chi connectivity index (χ4n) is 5.94. The van der Waals surface area contributed by atoms with Crippen LogP contribution in [0.3, 0.4) is 0 Å². The van der Waals surface area contributed by atoms with Crippen LogP contribution in [-0.4, -0.2) is 19.9 Å². The number of benzene rings is 4. The Morgan fingerprint density at radius 1 is 0.442 bits per heavy atom. The maximum absolute atomic E-state index is 9.33. The molecule has 202 valence electrons. The highest BCUT2D eigenvalue weighted by atomic mass is 15.1. The minimum Gasteiger partial charge on any atom is -0.324 e. The highest BCUT2D eigenvalue weighted by Crippen LogP contribution is 2.40. The summed E-state index contributed by atoms with van der Waals surface area (Å²) in [5.74, 6) is 2.45. The molecule has 1 aliphatic heterocycles.